The van der Waals surface area contributed by atoms with Gasteiger partial charge in [0.15, 0.2) is 0 Å². The average molecular weight is 394 g/mol. The molecular formula is C16H15IN2S. The van der Waals surface area contributed by atoms with Crippen molar-refractivity contribution in [1.82, 2.24) is 0 Å². The molecule has 1 aliphatic carbocycles. The molecule has 0 spiro atoms. The van der Waals surface area contributed by atoms with Crippen LogP contribution in [0.2, 0.25) is 0 Å². The Balaban J connectivity index is 1.85. The average Bonchev–Trinajstić information content (AvgIpc) is 2.84. The minimum atomic E-state index is 0.682. The van der Waals surface area contributed by atoms with Gasteiger partial charge in [0.2, 0.25) is 0 Å². The molecule has 4 heteroatoms. The van der Waals surface area contributed by atoms with Crippen molar-refractivity contribution in [2.75, 3.05) is 6.54 Å². The van der Waals surface area contributed by atoms with Crippen LogP contribution in [0.4, 0.5) is 0 Å². The van der Waals surface area contributed by atoms with Crippen molar-refractivity contribution in [2.24, 2.45) is 10.7 Å². The number of fused-ring (bicyclic) bond motifs is 1. The van der Waals surface area contributed by atoms with Crippen molar-refractivity contribution in [1.29, 1.82) is 0 Å². The Labute approximate surface area is 137 Å². The van der Waals surface area contributed by atoms with E-state index in [4.69, 9.17) is 5.73 Å². The lowest BCUT2D eigenvalue weighted by atomic mass is 10.0. The third-order valence-electron chi connectivity index (χ3n) is 3.29. The van der Waals surface area contributed by atoms with Crippen LogP contribution in [-0.4, -0.2) is 12.3 Å². The van der Waals surface area contributed by atoms with E-state index in [2.05, 4.69) is 64.0 Å². The Kier molecular flexibility index (Phi) is 4.43. The number of allylic oxidation sites excluding steroid dienone is 4. The number of rotatable bonds is 4. The molecule has 0 aromatic heterocycles. The molecule has 1 aliphatic heterocycles. The second-order valence-electron chi connectivity index (χ2n) is 4.67. The van der Waals surface area contributed by atoms with Crippen molar-refractivity contribution in [3.8, 4) is 0 Å². The van der Waals surface area contributed by atoms with E-state index >= 15 is 0 Å². The topological polar surface area (TPSA) is 38.4 Å². The van der Waals surface area contributed by atoms with Crippen molar-refractivity contribution in [3.05, 3.63) is 62.2 Å². The standard InChI is InChI=1S/C16H15IN2S/c17-12-5-6-14-13(9-12)16(10-19-14)20-15-4-2-1-3-11(15)7-8-18/h1-5,9-10H,6-8,18H2. The van der Waals surface area contributed by atoms with Crippen LogP contribution in [0.15, 0.2) is 66.6 Å². The zero-order valence-corrected chi connectivity index (χ0v) is 13.9. The summed E-state index contributed by atoms with van der Waals surface area (Å²) in [7, 11) is 0. The zero-order valence-electron chi connectivity index (χ0n) is 11.0. The number of nitrogens with two attached hydrogens (primary N) is 1. The largest absolute Gasteiger partial charge is 0.330 e. The third kappa shape index (κ3) is 2.92. The van der Waals surface area contributed by atoms with E-state index in [1.165, 1.54) is 30.2 Å². The fraction of sp³-hybridized carbons (Fsp3) is 0.188. The summed E-state index contributed by atoms with van der Waals surface area (Å²) in [5.74, 6) is 0. The van der Waals surface area contributed by atoms with Gasteiger partial charge in [-0.1, -0.05) is 36.0 Å². The smallest absolute Gasteiger partial charge is 0.0526 e. The van der Waals surface area contributed by atoms with Gasteiger partial charge in [0, 0.05) is 31.6 Å². The van der Waals surface area contributed by atoms with Crippen LogP contribution in [0.5, 0.6) is 0 Å². The van der Waals surface area contributed by atoms with E-state index < -0.39 is 0 Å². The molecule has 0 unspecified atom stereocenters. The predicted octanol–water partition coefficient (Wildman–Crippen LogP) is 4.22. The first-order valence-corrected chi connectivity index (χ1v) is 8.48. The summed E-state index contributed by atoms with van der Waals surface area (Å²) >= 11 is 4.17. The van der Waals surface area contributed by atoms with E-state index in [0.29, 0.717) is 6.54 Å². The summed E-state index contributed by atoms with van der Waals surface area (Å²) in [4.78, 5) is 7.06. The van der Waals surface area contributed by atoms with Crippen LogP contribution in [0.1, 0.15) is 12.0 Å². The first-order chi connectivity index (χ1) is 9.78. The minimum Gasteiger partial charge on any atom is -0.330 e. The summed E-state index contributed by atoms with van der Waals surface area (Å²) < 4.78 is 1.29. The number of thioether (sulfide) groups is 1. The highest BCUT2D eigenvalue weighted by Crippen LogP contribution is 2.40. The van der Waals surface area contributed by atoms with Crippen LogP contribution in [-0.2, 0) is 6.42 Å². The molecule has 0 atom stereocenters. The van der Waals surface area contributed by atoms with Crippen LogP contribution in [0, 0.1) is 0 Å². The molecular weight excluding hydrogens is 379 g/mol. The van der Waals surface area contributed by atoms with Gasteiger partial charge in [-0.2, -0.15) is 0 Å². The van der Waals surface area contributed by atoms with Gasteiger partial charge in [0.05, 0.1) is 5.71 Å². The second-order valence-corrected chi connectivity index (χ2v) is 7.00. The second kappa shape index (κ2) is 6.28. The number of nitrogens with zero attached hydrogens (tertiary/aromatic N) is 1. The van der Waals surface area contributed by atoms with Gasteiger partial charge >= 0.3 is 0 Å². The van der Waals surface area contributed by atoms with Gasteiger partial charge in [0.25, 0.3) is 0 Å². The Bertz CT molecular complexity index is 656. The molecule has 0 radical (unpaired) electrons. The number of hydrogen-bond acceptors (Lipinski definition) is 3. The maximum atomic E-state index is 5.70. The molecule has 2 aliphatic rings. The van der Waals surface area contributed by atoms with Crippen molar-refractivity contribution < 1.29 is 0 Å². The molecule has 1 aromatic carbocycles. The van der Waals surface area contributed by atoms with Crippen molar-refractivity contribution in [3.63, 3.8) is 0 Å². The third-order valence-corrected chi connectivity index (χ3v) is 5.21. The van der Waals surface area contributed by atoms with E-state index in [0.717, 1.165) is 12.8 Å². The SMILES string of the molecule is NCCc1ccccc1SC1=CN=C2CC=C(I)C=C12. The van der Waals surface area contributed by atoms with Gasteiger partial charge in [-0.15, -0.1) is 0 Å². The lowest BCUT2D eigenvalue weighted by Crippen LogP contribution is -2.04. The molecule has 0 saturated heterocycles. The van der Waals surface area contributed by atoms with Crippen LogP contribution >= 0.6 is 34.4 Å². The van der Waals surface area contributed by atoms with E-state index in [1.54, 1.807) is 11.8 Å². The van der Waals surface area contributed by atoms with Crippen molar-refractivity contribution >= 4 is 40.1 Å². The van der Waals surface area contributed by atoms with Gasteiger partial charge in [-0.05, 0) is 53.3 Å². The first kappa shape index (κ1) is 14.1. The minimum absolute atomic E-state index is 0.682. The molecule has 0 saturated carbocycles. The summed E-state index contributed by atoms with van der Waals surface area (Å²) in [5, 5.41) is 0. The van der Waals surface area contributed by atoms with Gasteiger partial charge in [-0.3, -0.25) is 4.99 Å². The Morgan fingerprint density at radius 2 is 2.15 bits per heavy atom. The van der Waals surface area contributed by atoms with E-state index in [9.17, 15) is 0 Å². The lowest BCUT2D eigenvalue weighted by molar-refractivity contribution is 0.945. The number of halogens is 1. The van der Waals surface area contributed by atoms with Crippen LogP contribution in [0.3, 0.4) is 0 Å². The Morgan fingerprint density at radius 1 is 1.30 bits per heavy atom. The fourth-order valence-corrected chi connectivity index (χ4v) is 3.90. The van der Waals surface area contributed by atoms with E-state index in [-0.39, 0.29) is 0 Å². The van der Waals surface area contributed by atoms with Gasteiger partial charge < -0.3 is 5.73 Å². The maximum absolute atomic E-state index is 5.70. The predicted molar refractivity (Wildman–Crippen MR) is 95.4 cm³/mol. The summed E-state index contributed by atoms with van der Waals surface area (Å²) in [6.07, 6.45) is 8.29. The molecule has 3 rings (SSSR count). The molecule has 0 fully saturated rings. The highest BCUT2D eigenvalue weighted by molar-refractivity contribution is 14.1. The van der Waals surface area contributed by atoms with Crippen LogP contribution < -0.4 is 5.73 Å². The maximum Gasteiger partial charge on any atom is 0.0526 e. The summed E-state index contributed by atoms with van der Waals surface area (Å²) in [5.41, 5.74) is 9.48. The fourth-order valence-electron chi connectivity index (χ4n) is 2.29. The normalized spacial score (nSPS) is 17.1. The Hall–Kier alpha value is -0.850. The number of aliphatic imine (C=N–C) groups is 1. The molecule has 2 N–H and O–H groups in total. The van der Waals surface area contributed by atoms with Gasteiger partial charge in [-0.25, -0.2) is 0 Å². The molecule has 2 nitrogen and oxygen atoms in total. The molecule has 1 heterocycles. The summed E-state index contributed by atoms with van der Waals surface area (Å²) in [6, 6.07) is 8.48. The number of benzene rings is 1. The highest BCUT2D eigenvalue weighted by atomic mass is 127. The molecule has 102 valence electrons. The molecule has 20 heavy (non-hydrogen) atoms. The van der Waals surface area contributed by atoms with Gasteiger partial charge in [0.1, 0.15) is 0 Å². The quantitative estimate of drug-likeness (QED) is 0.777. The van der Waals surface area contributed by atoms with Crippen molar-refractivity contribution in [2.45, 2.75) is 17.7 Å². The lowest BCUT2D eigenvalue weighted by Gasteiger charge is -2.13. The Morgan fingerprint density at radius 3 is 3.00 bits per heavy atom. The van der Waals surface area contributed by atoms with E-state index in [1.807, 2.05) is 6.20 Å². The number of hydrogen-bond donors (Lipinski definition) is 1. The molecule has 0 bridgehead atoms. The zero-order chi connectivity index (χ0) is 13.9. The molecule has 0 amide bonds. The highest BCUT2D eigenvalue weighted by Gasteiger charge is 2.21. The summed E-state index contributed by atoms with van der Waals surface area (Å²) in [6.45, 7) is 0.682. The first-order valence-electron chi connectivity index (χ1n) is 6.58. The van der Waals surface area contributed by atoms with Crippen LogP contribution in [0.25, 0.3) is 0 Å². The monoisotopic (exact) mass is 394 g/mol. The molecule has 1 aromatic rings.